The molecule has 0 bridgehead atoms. The van der Waals surface area contributed by atoms with E-state index in [9.17, 15) is 4.79 Å². The van der Waals surface area contributed by atoms with E-state index in [-0.39, 0.29) is 6.61 Å². The molecular formula is C9H11NO2. The molecule has 1 aliphatic carbocycles. The van der Waals surface area contributed by atoms with Crippen molar-refractivity contribution in [3.05, 3.63) is 36.0 Å². The molecule has 0 unspecified atom stereocenters. The van der Waals surface area contributed by atoms with Crippen molar-refractivity contribution in [3.8, 4) is 0 Å². The molecular weight excluding hydrogens is 154 g/mol. The van der Waals surface area contributed by atoms with Crippen LogP contribution in [-0.4, -0.2) is 12.7 Å². The van der Waals surface area contributed by atoms with Gasteiger partial charge in [0, 0.05) is 0 Å². The average molecular weight is 165 g/mol. The van der Waals surface area contributed by atoms with Crippen LogP contribution in [0.25, 0.3) is 0 Å². The van der Waals surface area contributed by atoms with Crippen molar-refractivity contribution in [2.24, 2.45) is 5.73 Å². The summed E-state index contributed by atoms with van der Waals surface area (Å²) in [6.07, 6.45) is 9.89. The molecule has 0 aromatic rings. The number of rotatable bonds is 2. The molecule has 64 valence electrons. The summed E-state index contributed by atoms with van der Waals surface area (Å²) in [4.78, 5) is 10.3. The zero-order chi connectivity index (χ0) is 8.81. The molecule has 0 saturated heterocycles. The number of primary amides is 1. The predicted molar refractivity (Wildman–Crippen MR) is 46.5 cm³/mol. The lowest BCUT2D eigenvalue weighted by Crippen LogP contribution is -2.14. The van der Waals surface area contributed by atoms with E-state index >= 15 is 0 Å². The highest BCUT2D eigenvalue weighted by Gasteiger charge is 1.97. The minimum atomic E-state index is -0.735. The molecule has 0 fully saturated rings. The van der Waals surface area contributed by atoms with Crippen LogP contribution < -0.4 is 5.73 Å². The lowest BCUT2D eigenvalue weighted by Gasteiger charge is -2.00. The van der Waals surface area contributed by atoms with Gasteiger partial charge in [-0.05, 0) is 12.0 Å². The molecule has 0 aliphatic heterocycles. The third kappa shape index (κ3) is 3.05. The van der Waals surface area contributed by atoms with Crippen molar-refractivity contribution in [3.63, 3.8) is 0 Å². The molecule has 0 spiro atoms. The first-order valence-corrected chi connectivity index (χ1v) is 3.73. The number of nitrogens with two attached hydrogens (primary N) is 1. The van der Waals surface area contributed by atoms with Gasteiger partial charge in [0.15, 0.2) is 0 Å². The van der Waals surface area contributed by atoms with Gasteiger partial charge in [-0.15, -0.1) is 0 Å². The normalized spacial score (nSPS) is 15.2. The van der Waals surface area contributed by atoms with Crippen LogP contribution in [-0.2, 0) is 4.74 Å². The van der Waals surface area contributed by atoms with Crippen LogP contribution in [0.4, 0.5) is 4.79 Å². The lowest BCUT2D eigenvalue weighted by atomic mass is 10.2. The first-order valence-electron chi connectivity index (χ1n) is 3.73. The fourth-order valence-corrected chi connectivity index (χ4v) is 0.885. The summed E-state index contributed by atoms with van der Waals surface area (Å²) in [5.74, 6) is 0. The lowest BCUT2D eigenvalue weighted by molar-refractivity contribution is 0.167. The molecule has 1 aliphatic rings. The van der Waals surface area contributed by atoms with Crippen molar-refractivity contribution in [2.75, 3.05) is 6.61 Å². The standard InChI is InChI=1S/C9H11NO2/c10-9(11)12-7-8-5-3-1-2-4-6-8/h1-3,5-6H,4,7H2,(H2,10,11). The van der Waals surface area contributed by atoms with E-state index in [1.165, 1.54) is 0 Å². The van der Waals surface area contributed by atoms with E-state index < -0.39 is 6.09 Å². The van der Waals surface area contributed by atoms with Crippen molar-refractivity contribution in [2.45, 2.75) is 6.42 Å². The molecule has 2 N–H and O–H groups in total. The van der Waals surface area contributed by atoms with Crippen LogP contribution in [0.2, 0.25) is 0 Å². The Balaban J connectivity index is 2.42. The fraction of sp³-hybridized carbons (Fsp3) is 0.222. The first kappa shape index (κ1) is 8.59. The van der Waals surface area contributed by atoms with E-state index in [4.69, 9.17) is 5.73 Å². The fourth-order valence-electron chi connectivity index (χ4n) is 0.885. The minimum absolute atomic E-state index is 0.257. The molecule has 0 atom stereocenters. The van der Waals surface area contributed by atoms with Gasteiger partial charge in [0.05, 0.1) is 0 Å². The number of hydrogen-bond acceptors (Lipinski definition) is 2. The molecule has 0 radical (unpaired) electrons. The summed E-state index contributed by atoms with van der Waals surface area (Å²) in [5.41, 5.74) is 5.79. The van der Waals surface area contributed by atoms with Gasteiger partial charge >= 0.3 is 6.09 Å². The number of ether oxygens (including phenoxy) is 1. The first-order chi connectivity index (χ1) is 5.79. The molecule has 0 saturated carbocycles. The summed E-state index contributed by atoms with van der Waals surface area (Å²) in [7, 11) is 0. The summed E-state index contributed by atoms with van der Waals surface area (Å²) >= 11 is 0. The van der Waals surface area contributed by atoms with Crippen LogP contribution in [0, 0.1) is 0 Å². The zero-order valence-corrected chi connectivity index (χ0v) is 6.69. The second-order valence-electron chi connectivity index (χ2n) is 2.41. The number of hydrogen-bond donors (Lipinski definition) is 1. The highest BCUT2D eigenvalue weighted by molar-refractivity contribution is 5.64. The van der Waals surface area contributed by atoms with Crippen molar-refractivity contribution in [1.29, 1.82) is 0 Å². The average Bonchev–Trinajstić information content (AvgIpc) is 2.28. The monoisotopic (exact) mass is 165 g/mol. The summed E-state index contributed by atoms with van der Waals surface area (Å²) in [6, 6.07) is 0. The maximum absolute atomic E-state index is 10.3. The van der Waals surface area contributed by atoms with Crippen molar-refractivity contribution >= 4 is 6.09 Å². The Morgan fingerprint density at radius 3 is 3.17 bits per heavy atom. The highest BCUT2D eigenvalue weighted by atomic mass is 16.5. The third-order valence-electron chi connectivity index (χ3n) is 1.45. The Labute approximate surface area is 71.2 Å². The SMILES string of the molecule is NC(=O)OCC1=CCC=CC=C1. The number of allylic oxidation sites excluding steroid dienone is 4. The molecule has 1 amide bonds. The van der Waals surface area contributed by atoms with Crippen LogP contribution in [0.3, 0.4) is 0 Å². The Kier molecular flexibility index (Phi) is 3.14. The molecule has 12 heavy (non-hydrogen) atoms. The van der Waals surface area contributed by atoms with Crippen LogP contribution >= 0.6 is 0 Å². The number of amides is 1. The topological polar surface area (TPSA) is 52.3 Å². The Morgan fingerprint density at radius 2 is 2.42 bits per heavy atom. The van der Waals surface area contributed by atoms with E-state index in [0.717, 1.165) is 12.0 Å². The molecule has 0 heterocycles. The van der Waals surface area contributed by atoms with Crippen LogP contribution in [0.15, 0.2) is 36.0 Å². The van der Waals surface area contributed by atoms with Gasteiger partial charge in [-0.3, -0.25) is 0 Å². The zero-order valence-electron chi connectivity index (χ0n) is 6.69. The van der Waals surface area contributed by atoms with E-state index in [0.29, 0.717) is 0 Å². The Bertz CT molecular complexity index is 251. The van der Waals surface area contributed by atoms with Gasteiger partial charge < -0.3 is 10.5 Å². The molecule has 0 aromatic heterocycles. The maximum Gasteiger partial charge on any atom is 0.404 e. The largest absolute Gasteiger partial charge is 0.445 e. The van der Waals surface area contributed by atoms with E-state index in [1.807, 2.05) is 30.4 Å². The third-order valence-corrected chi connectivity index (χ3v) is 1.45. The quantitative estimate of drug-likeness (QED) is 0.674. The number of carbonyl (C=O) groups excluding carboxylic acids is 1. The minimum Gasteiger partial charge on any atom is -0.445 e. The molecule has 3 nitrogen and oxygen atoms in total. The summed E-state index contributed by atoms with van der Waals surface area (Å²) in [5, 5.41) is 0. The van der Waals surface area contributed by atoms with Gasteiger partial charge in [-0.1, -0.05) is 30.4 Å². The number of carbonyl (C=O) groups is 1. The Hall–Kier alpha value is -1.51. The van der Waals surface area contributed by atoms with E-state index in [1.54, 1.807) is 0 Å². The summed E-state index contributed by atoms with van der Waals surface area (Å²) < 4.78 is 4.63. The second kappa shape index (κ2) is 4.38. The van der Waals surface area contributed by atoms with Gasteiger partial charge in [0.1, 0.15) is 6.61 Å². The van der Waals surface area contributed by atoms with Gasteiger partial charge in [0.2, 0.25) is 0 Å². The molecule has 3 heteroatoms. The van der Waals surface area contributed by atoms with Gasteiger partial charge in [0.25, 0.3) is 0 Å². The summed E-state index contributed by atoms with van der Waals surface area (Å²) in [6.45, 7) is 0.257. The van der Waals surface area contributed by atoms with Gasteiger partial charge in [-0.2, -0.15) is 0 Å². The second-order valence-corrected chi connectivity index (χ2v) is 2.41. The molecule has 1 rings (SSSR count). The maximum atomic E-state index is 10.3. The van der Waals surface area contributed by atoms with Crippen LogP contribution in [0.5, 0.6) is 0 Å². The van der Waals surface area contributed by atoms with Crippen molar-refractivity contribution < 1.29 is 9.53 Å². The van der Waals surface area contributed by atoms with E-state index in [2.05, 4.69) is 4.74 Å². The van der Waals surface area contributed by atoms with Crippen molar-refractivity contribution in [1.82, 2.24) is 0 Å². The van der Waals surface area contributed by atoms with Crippen LogP contribution in [0.1, 0.15) is 6.42 Å². The Morgan fingerprint density at radius 1 is 1.58 bits per heavy atom. The smallest absolute Gasteiger partial charge is 0.404 e. The molecule has 0 aromatic carbocycles. The predicted octanol–water partition coefficient (Wildman–Crippen LogP) is 1.52. The highest BCUT2D eigenvalue weighted by Crippen LogP contribution is 2.04. The van der Waals surface area contributed by atoms with Gasteiger partial charge in [-0.25, -0.2) is 4.79 Å².